The van der Waals surface area contributed by atoms with Crippen molar-refractivity contribution in [3.8, 4) is 11.8 Å². The molecule has 0 amide bonds. The molecule has 0 fully saturated rings. The van der Waals surface area contributed by atoms with Crippen molar-refractivity contribution in [2.24, 2.45) is 0 Å². The van der Waals surface area contributed by atoms with Crippen LogP contribution in [-0.4, -0.2) is 23.4 Å². The Morgan fingerprint density at radius 3 is 2.23 bits per heavy atom. The van der Waals surface area contributed by atoms with Crippen molar-refractivity contribution >= 4 is 11.6 Å². The molecule has 9 heteroatoms. The van der Waals surface area contributed by atoms with Crippen molar-refractivity contribution in [2.45, 2.75) is 18.5 Å². The molecule has 2 aromatic rings. The first-order valence-corrected chi connectivity index (χ1v) is 7.04. The summed E-state index contributed by atoms with van der Waals surface area (Å²) in [7, 11) is 0. The first-order valence-electron chi connectivity index (χ1n) is 7.04. The van der Waals surface area contributed by atoms with E-state index in [1.54, 1.807) is 18.2 Å². The Morgan fingerprint density at radius 1 is 1.08 bits per heavy atom. The van der Waals surface area contributed by atoms with Gasteiger partial charge in [0.05, 0.1) is 11.3 Å². The number of pyridine rings is 1. The molecule has 0 saturated heterocycles. The number of rotatable bonds is 5. The highest BCUT2D eigenvalue weighted by atomic mass is 19.4. The third-order valence-corrected chi connectivity index (χ3v) is 3.09. The highest BCUT2D eigenvalue weighted by molar-refractivity contribution is 5.88. The molecule has 0 radical (unpaired) electrons. The Kier molecular flexibility index (Phi) is 5.55. The summed E-state index contributed by atoms with van der Waals surface area (Å²) < 4.78 is 79.3. The van der Waals surface area contributed by atoms with Crippen LogP contribution < -0.4 is 4.74 Å². The molecule has 0 aliphatic heterocycles. The molecule has 3 nitrogen and oxygen atoms in total. The summed E-state index contributed by atoms with van der Waals surface area (Å²) >= 11 is 0. The van der Waals surface area contributed by atoms with Crippen LogP contribution in [0.25, 0.3) is 11.6 Å². The maximum Gasteiger partial charge on any atom is 0.439 e. The lowest BCUT2D eigenvalue weighted by Crippen LogP contribution is -2.45. The van der Waals surface area contributed by atoms with Gasteiger partial charge in [-0.3, -0.25) is 4.98 Å². The van der Waals surface area contributed by atoms with Crippen LogP contribution in [0.5, 0.6) is 5.75 Å². The normalized spacial score (nSPS) is 13.8. The first kappa shape index (κ1) is 19.3. The second-order valence-electron chi connectivity index (χ2n) is 5.02. The molecule has 0 spiro atoms. The van der Waals surface area contributed by atoms with E-state index in [1.807, 2.05) is 6.07 Å². The standard InChI is InChI=1S/C17H10F6N2O/c18-15(16(19,20)21)17(22,23)26-13-6-4-11(5-7-13)9-12(10-24)14-3-1-2-8-25-14/h1-9,15H/b12-9-. The number of nitrogens with zero attached hydrogens (tertiary/aromatic N) is 2. The molecular formula is C17H10F6N2O. The zero-order valence-corrected chi connectivity index (χ0v) is 12.8. The summed E-state index contributed by atoms with van der Waals surface area (Å²) in [6.45, 7) is 0. The van der Waals surface area contributed by atoms with Gasteiger partial charge in [-0.05, 0) is 35.9 Å². The number of ether oxygens (including phenoxy) is 1. The van der Waals surface area contributed by atoms with Crippen LogP contribution in [0.4, 0.5) is 26.3 Å². The highest BCUT2D eigenvalue weighted by Crippen LogP contribution is 2.36. The molecule has 0 aliphatic rings. The van der Waals surface area contributed by atoms with Gasteiger partial charge in [-0.15, -0.1) is 0 Å². The summed E-state index contributed by atoms with van der Waals surface area (Å²) in [5, 5.41) is 9.16. The number of nitriles is 1. The van der Waals surface area contributed by atoms with Crippen LogP contribution in [-0.2, 0) is 0 Å². The van der Waals surface area contributed by atoms with E-state index in [4.69, 9.17) is 5.26 Å². The van der Waals surface area contributed by atoms with E-state index >= 15 is 0 Å². The van der Waals surface area contributed by atoms with E-state index in [0.29, 0.717) is 11.3 Å². The largest absolute Gasteiger partial charge is 0.439 e. The molecule has 0 bridgehead atoms. The van der Waals surface area contributed by atoms with Crippen molar-refractivity contribution in [1.82, 2.24) is 4.98 Å². The minimum Gasteiger partial charge on any atom is -0.430 e. The molecule has 0 N–H and O–H groups in total. The third kappa shape index (κ3) is 4.75. The molecule has 1 aromatic carbocycles. The van der Waals surface area contributed by atoms with Crippen molar-refractivity contribution in [3.63, 3.8) is 0 Å². The highest BCUT2D eigenvalue weighted by Gasteiger charge is 2.59. The average Bonchev–Trinajstić information content (AvgIpc) is 2.60. The van der Waals surface area contributed by atoms with Crippen molar-refractivity contribution in [1.29, 1.82) is 5.26 Å². The Bertz CT molecular complexity index is 810. The monoisotopic (exact) mass is 372 g/mol. The molecule has 1 heterocycles. The Hall–Kier alpha value is -3.02. The van der Waals surface area contributed by atoms with Gasteiger partial charge in [0.25, 0.3) is 6.17 Å². The molecule has 0 saturated carbocycles. The minimum atomic E-state index is -5.75. The van der Waals surface area contributed by atoms with Gasteiger partial charge in [-0.1, -0.05) is 18.2 Å². The lowest BCUT2D eigenvalue weighted by Gasteiger charge is -2.23. The lowest BCUT2D eigenvalue weighted by atomic mass is 10.1. The fraction of sp³-hybridized carbons (Fsp3) is 0.176. The minimum absolute atomic E-state index is 0.186. The van der Waals surface area contributed by atoms with Crippen LogP contribution >= 0.6 is 0 Å². The van der Waals surface area contributed by atoms with Crippen LogP contribution in [0.3, 0.4) is 0 Å². The van der Waals surface area contributed by atoms with Gasteiger partial charge in [0.15, 0.2) is 0 Å². The zero-order valence-electron chi connectivity index (χ0n) is 12.8. The van der Waals surface area contributed by atoms with Crippen LogP contribution in [0.15, 0.2) is 48.7 Å². The maximum atomic E-state index is 13.2. The average molecular weight is 372 g/mol. The molecule has 136 valence electrons. The fourth-order valence-electron chi connectivity index (χ4n) is 1.88. The smallest absolute Gasteiger partial charge is 0.430 e. The van der Waals surface area contributed by atoms with E-state index in [0.717, 1.165) is 12.1 Å². The van der Waals surface area contributed by atoms with Crippen LogP contribution in [0.1, 0.15) is 11.3 Å². The molecule has 1 unspecified atom stereocenters. The second kappa shape index (κ2) is 7.47. The number of benzene rings is 1. The molecule has 26 heavy (non-hydrogen) atoms. The zero-order chi connectivity index (χ0) is 19.4. The van der Waals surface area contributed by atoms with Gasteiger partial charge in [-0.25, -0.2) is 4.39 Å². The fourth-order valence-corrected chi connectivity index (χ4v) is 1.88. The van der Waals surface area contributed by atoms with E-state index in [1.165, 1.54) is 24.4 Å². The first-order chi connectivity index (χ1) is 12.1. The van der Waals surface area contributed by atoms with Crippen LogP contribution in [0, 0.1) is 11.3 Å². The summed E-state index contributed by atoms with van der Waals surface area (Å²) in [5.74, 6) is -0.657. The van der Waals surface area contributed by atoms with Crippen LogP contribution in [0.2, 0.25) is 0 Å². The quantitative estimate of drug-likeness (QED) is 0.547. The van der Waals surface area contributed by atoms with Crippen molar-refractivity contribution in [3.05, 3.63) is 59.9 Å². The Labute approximate surface area is 144 Å². The van der Waals surface area contributed by atoms with Gasteiger partial charge in [0.2, 0.25) is 0 Å². The molecular weight excluding hydrogens is 362 g/mol. The van der Waals surface area contributed by atoms with Crippen molar-refractivity contribution < 1.29 is 31.1 Å². The molecule has 2 rings (SSSR count). The predicted molar refractivity (Wildman–Crippen MR) is 80.7 cm³/mol. The van der Waals surface area contributed by atoms with Gasteiger partial charge in [0.1, 0.15) is 11.8 Å². The second-order valence-corrected chi connectivity index (χ2v) is 5.02. The van der Waals surface area contributed by atoms with E-state index in [-0.39, 0.29) is 5.57 Å². The Morgan fingerprint density at radius 2 is 1.73 bits per heavy atom. The Balaban J connectivity index is 2.18. The number of hydrogen-bond acceptors (Lipinski definition) is 3. The van der Waals surface area contributed by atoms with E-state index in [2.05, 4.69) is 9.72 Å². The van der Waals surface area contributed by atoms with Gasteiger partial charge in [0, 0.05) is 6.20 Å². The summed E-state index contributed by atoms with van der Waals surface area (Å²) in [5.41, 5.74) is 0.952. The third-order valence-electron chi connectivity index (χ3n) is 3.09. The molecule has 1 aromatic heterocycles. The number of allylic oxidation sites excluding steroid dienone is 1. The SMILES string of the molecule is N#C/C(=C/c1ccc(OC(F)(F)C(F)C(F)(F)F)cc1)c1ccccn1. The van der Waals surface area contributed by atoms with Gasteiger partial charge < -0.3 is 4.74 Å². The molecule has 0 aliphatic carbocycles. The van der Waals surface area contributed by atoms with Gasteiger partial charge in [-0.2, -0.15) is 27.2 Å². The van der Waals surface area contributed by atoms with Crippen molar-refractivity contribution in [2.75, 3.05) is 0 Å². The number of halogens is 6. The summed E-state index contributed by atoms with van der Waals surface area (Å²) in [4.78, 5) is 3.99. The topological polar surface area (TPSA) is 45.9 Å². The maximum absolute atomic E-state index is 13.2. The number of aromatic nitrogens is 1. The lowest BCUT2D eigenvalue weighted by molar-refractivity contribution is -0.304. The van der Waals surface area contributed by atoms with E-state index < -0.39 is 24.2 Å². The molecule has 1 atom stereocenters. The summed E-state index contributed by atoms with van der Waals surface area (Å²) in [6.07, 6.45) is -12.4. The van der Waals surface area contributed by atoms with E-state index in [9.17, 15) is 26.3 Å². The number of alkyl halides is 6. The summed E-state index contributed by atoms with van der Waals surface area (Å²) in [6, 6.07) is 11.2. The number of hydrogen-bond donors (Lipinski definition) is 0. The predicted octanol–water partition coefficient (Wildman–Crippen LogP) is 5.02. The van der Waals surface area contributed by atoms with Gasteiger partial charge >= 0.3 is 12.3 Å².